The molecule has 3 aliphatic carbocycles. The zero-order valence-corrected chi connectivity index (χ0v) is 11.6. The van der Waals surface area contributed by atoms with Crippen molar-refractivity contribution in [1.29, 1.82) is 0 Å². The lowest BCUT2D eigenvalue weighted by Gasteiger charge is -2.41. The van der Waals surface area contributed by atoms with E-state index in [1.54, 1.807) is 5.57 Å². The van der Waals surface area contributed by atoms with E-state index in [1.165, 1.54) is 70.6 Å². The molecule has 0 nitrogen and oxygen atoms in total. The van der Waals surface area contributed by atoms with E-state index >= 15 is 0 Å². The quantitative estimate of drug-likeness (QED) is 0.544. The van der Waals surface area contributed by atoms with Crippen molar-refractivity contribution in [2.45, 2.75) is 70.6 Å². The van der Waals surface area contributed by atoms with E-state index in [4.69, 9.17) is 0 Å². The van der Waals surface area contributed by atoms with Gasteiger partial charge in [-0.2, -0.15) is 0 Å². The summed E-state index contributed by atoms with van der Waals surface area (Å²) in [5, 5.41) is 0. The molecular weight excluding hydrogens is 216 g/mol. The van der Waals surface area contributed by atoms with Gasteiger partial charge in [0.15, 0.2) is 0 Å². The van der Waals surface area contributed by atoms with Gasteiger partial charge in [0.1, 0.15) is 0 Å². The Kier molecular flexibility index (Phi) is 3.72. The van der Waals surface area contributed by atoms with Gasteiger partial charge in [0, 0.05) is 5.41 Å². The van der Waals surface area contributed by atoms with E-state index in [-0.39, 0.29) is 0 Å². The van der Waals surface area contributed by atoms with E-state index in [0.29, 0.717) is 5.41 Å². The highest BCUT2D eigenvalue weighted by atomic mass is 14.4. The fourth-order valence-corrected chi connectivity index (χ4v) is 4.26. The molecule has 0 aromatic heterocycles. The Labute approximate surface area is 112 Å². The lowest BCUT2D eigenvalue weighted by Crippen LogP contribution is -2.28. The SMILES string of the molecule is C1=CCC(C2(C3=CCCCCC3)CCCCC2)=C1. The minimum Gasteiger partial charge on any atom is -0.0844 e. The van der Waals surface area contributed by atoms with Crippen LogP contribution in [-0.4, -0.2) is 0 Å². The van der Waals surface area contributed by atoms with Gasteiger partial charge in [-0.05, 0) is 44.9 Å². The molecule has 3 rings (SSSR count). The van der Waals surface area contributed by atoms with Crippen LogP contribution in [0, 0.1) is 5.41 Å². The third-order valence-corrected chi connectivity index (χ3v) is 5.25. The summed E-state index contributed by atoms with van der Waals surface area (Å²) in [6.45, 7) is 0. The van der Waals surface area contributed by atoms with Gasteiger partial charge in [0.2, 0.25) is 0 Å². The van der Waals surface area contributed by atoms with Crippen molar-refractivity contribution in [2.75, 3.05) is 0 Å². The molecule has 0 aromatic carbocycles. The van der Waals surface area contributed by atoms with Gasteiger partial charge in [0.05, 0.1) is 0 Å². The zero-order chi connectivity index (χ0) is 12.3. The maximum atomic E-state index is 2.62. The Hall–Kier alpha value is -0.780. The summed E-state index contributed by atoms with van der Waals surface area (Å²) in [6.07, 6.45) is 25.1. The van der Waals surface area contributed by atoms with Crippen molar-refractivity contribution in [1.82, 2.24) is 0 Å². The van der Waals surface area contributed by atoms with Crippen LogP contribution in [0.15, 0.2) is 35.5 Å². The maximum Gasteiger partial charge on any atom is 0.0127 e. The molecule has 0 aromatic rings. The van der Waals surface area contributed by atoms with Gasteiger partial charge in [-0.3, -0.25) is 0 Å². The molecule has 0 radical (unpaired) electrons. The molecule has 0 aliphatic heterocycles. The lowest BCUT2D eigenvalue weighted by molar-refractivity contribution is 0.278. The summed E-state index contributed by atoms with van der Waals surface area (Å²) >= 11 is 0. The zero-order valence-electron chi connectivity index (χ0n) is 11.6. The van der Waals surface area contributed by atoms with Crippen molar-refractivity contribution in [3.05, 3.63) is 35.5 Å². The first kappa shape index (κ1) is 12.3. The largest absolute Gasteiger partial charge is 0.0844 e. The molecule has 0 heteroatoms. The summed E-state index contributed by atoms with van der Waals surface area (Å²) in [5.41, 5.74) is 4.02. The summed E-state index contributed by atoms with van der Waals surface area (Å²) in [6, 6.07) is 0. The number of hydrogen-bond donors (Lipinski definition) is 0. The first-order valence-electron chi connectivity index (χ1n) is 7.97. The molecule has 0 atom stereocenters. The van der Waals surface area contributed by atoms with Gasteiger partial charge >= 0.3 is 0 Å². The van der Waals surface area contributed by atoms with Crippen molar-refractivity contribution in [2.24, 2.45) is 5.41 Å². The van der Waals surface area contributed by atoms with E-state index in [0.717, 1.165) is 0 Å². The fourth-order valence-electron chi connectivity index (χ4n) is 4.26. The van der Waals surface area contributed by atoms with Crippen LogP contribution in [0.2, 0.25) is 0 Å². The third kappa shape index (κ3) is 2.22. The first-order valence-corrected chi connectivity index (χ1v) is 7.97. The average molecular weight is 242 g/mol. The molecule has 1 saturated carbocycles. The molecule has 1 fully saturated rings. The summed E-state index contributed by atoms with van der Waals surface area (Å²) in [4.78, 5) is 0. The smallest absolute Gasteiger partial charge is 0.0127 e. The summed E-state index contributed by atoms with van der Waals surface area (Å²) in [5.74, 6) is 0. The summed E-state index contributed by atoms with van der Waals surface area (Å²) in [7, 11) is 0. The Morgan fingerprint density at radius 2 is 1.67 bits per heavy atom. The van der Waals surface area contributed by atoms with E-state index in [9.17, 15) is 0 Å². The van der Waals surface area contributed by atoms with Crippen LogP contribution >= 0.6 is 0 Å². The highest BCUT2D eigenvalue weighted by Gasteiger charge is 2.38. The predicted octanol–water partition coefficient (Wildman–Crippen LogP) is 5.71. The normalized spacial score (nSPS) is 27.6. The predicted molar refractivity (Wildman–Crippen MR) is 78.5 cm³/mol. The second-order valence-electron chi connectivity index (χ2n) is 6.30. The number of hydrogen-bond acceptors (Lipinski definition) is 0. The molecule has 0 amide bonds. The van der Waals surface area contributed by atoms with Gasteiger partial charge in [-0.15, -0.1) is 0 Å². The van der Waals surface area contributed by atoms with Gasteiger partial charge < -0.3 is 0 Å². The van der Waals surface area contributed by atoms with E-state index < -0.39 is 0 Å². The molecule has 0 unspecified atom stereocenters. The Morgan fingerprint density at radius 1 is 0.833 bits per heavy atom. The van der Waals surface area contributed by atoms with Crippen LogP contribution in [0.4, 0.5) is 0 Å². The first-order chi connectivity index (χ1) is 8.92. The van der Waals surface area contributed by atoms with Crippen molar-refractivity contribution < 1.29 is 0 Å². The third-order valence-electron chi connectivity index (χ3n) is 5.25. The van der Waals surface area contributed by atoms with Crippen LogP contribution in [-0.2, 0) is 0 Å². The van der Waals surface area contributed by atoms with Crippen molar-refractivity contribution >= 4 is 0 Å². The van der Waals surface area contributed by atoms with Crippen LogP contribution in [0.1, 0.15) is 70.6 Å². The Morgan fingerprint density at radius 3 is 2.44 bits per heavy atom. The standard InChI is InChI=1S/C18H26/c1-2-5-11-16(10-4-1)18(14-8-3-9-15-18)17-12-6-7-13-17/h6-7,10,12H,1-5,8-9,11,13-15H2. The van der Waals surface area contributed by atoms with Crippen LogP contribution in [0.25, 0.3) is 0 Å². The summed E-state index contributed by atoms with van der Waals surface area (Å²) < 4.78 is 0. The second-order valence-corrected chi connectivity index (χ2v) is 6.30. The molecule has 3 aliphatic rings. The second kappa shape index (κ2) is 5.47. The molecule has 0 saturated heterocycles. The molecule has 0 bridgehead atoms. The molecule has 0 N–H and O–H groups in total. The van der Waals surface area contributed by atoms with Crippen molar-refractivity contribution in [3.63, 3.8) is 0 Å². The van der Waals surface area contributed by atoms with Gasteiger partial charge in [0.25, 0.3) is 0 Å². The molecule has 18 heavy (non-hydrogen) atoms. The van der Waals surface area contributed by atoms with E-state index in [1.807, 2.05) is 5.57 Å². The van der Waals surface area contributed by atoms with Crippen molar-refractivity contribution in [3.8, 4) is 0 Å². The average Bonchev–Trinajstić information content (AvgIpc) is 2.83. The van der Waals surface area contributed by atoms with Crippen LogP contribution in [0.5, 0.6) is 0 Å². The van der Waals surface area contributed by atoms with Gasteiger partial charge in [-0.25, -0.2) is 0 Å². The molecule has 0 spiro atoms. The minimum absolute atomic E-state index is 0.478. The molecular formula is C18H26. The number of allylic oxidation sites excluding steroid dienone is 6. The van der Waals surface area contributed by atoms with Crippen LogP contribution in [0.3, 0.4) is 0 Å². The Bertz CT molecular complexity index is 375. The molecule has 98 valence electrons. The monoisotopic (exact) mass is 242 g/mol. The maximum absolute atomic E-state index is 2.62. The van der Waals surface area contributed by atoms with Gasteiger partial charge in [-0.1, -0.05) is 61.1 Å². The van der Waals surface area contributed by atoms with E-state index in [2.05, 4.69) is 24.3 Å². The lowest BCUT2D eigenvalue weighted by atomic mass is 9.63. The molecule has 0 heterocycles. The minimum atomic E-state index is 0.478. The Balaban J connectivity index is 1.90. The highest BCUT2D eigenvalue weighted by Crippen LogP contribution is 2.52. The topological polar surface area (TPSA) is 0 Å². The number of rotatable bonds is 2. The van der Waals surface area contributed by atoms with Crippen LogP contribution < -0.4 is 0 Å². The fraction of sp³-hybridized carbons (Fsp3) is 0.667. The highest BCUT2D eigenvalue weighted by molar-refractivity contribution is 5.37.